The third-order valence-electron chi connectivity index (χ3n) is 3.74. The van der Waals surface area contributed by atoms with Gasteiger partial charge in [-0.1, -0.05) is 28.1 Å². The summed E-state index contributed by atoms with van der Waals surface area (Å²) in [6, 6.07) is 11.7. The largest absolute Gasteiger partial charge is 0.385 e. The summed E-state index contributed by atoms with van der Waals surface area (Å²) in [5.74, 6) is -0.0912. The van der Waals surface area contributed by atoms with E-state index in [4.69, 9.17) is 0 Å². The number of carbonyl (C=O) groups excluding carboxylic acids is 1. The fourth-order valence-corrected chi connectivity index (χ4v) is 2.85. The number of nitrogens with one attached hydrogen (secondary N) is 2. The van der Waals surface area contributed by atoms with Crippen LogP contribution in [0.1, 0.15) is 27.9 Å². The third kappa shape index (κ3) is 3.10. The zero-order valence-corrected chi connectivity index (χ0v) is 13.5. The molecule has 3 nitrogen and oxygen atoms in total. The van der Waals surface area contributed by atoms with E-state index in [9.17, 15) is 4.79 Å². The molecule has 1 aliphatic heterocycles. The highest BCUT2D eigenvalue weighted by Gasteiger charge is 2.11. The van der Waals surface area contributed by atoms with Gasteiger partial charge in [0.05, 0.1) is 0 Å². The first kappa shape index (κ1) is 14.1. The number of rotatable bonds is 2. The molecule has 0 saturated heterocycles. The molecule has 0 aromatic heterocycles. The van der Waals surface area contributed by atoms with Gasteiger partial charge in [-0.2, -0.15) is 0 Å². The van der Waals surface area contributed by atoms with Gasteiger partial charge in [-0.3, -0.25) is 4.79 Å². The van der Waals surface area contributed by atoms with Crippen LogP contribution < -0.4 is 10.6 Å². The maximum absolute atomic E-state index is 12.3. The normalized spacial score (nSPS) is 13.2. The Kier molecular flexibility index (Phi) is 3.97. The van der Waals surface area contributed by atoms with Crippen molar-refractivity contribution in [3.8, 4) is 0 Å². The maximum atomic E-state index is 12.3. The van der Waals surface area contributed by atoms with Gasteiger partial charge in [0.25, 0.3) is 5.91 Å². The van der Waals surface area contributed by atoms with E-state index >= 15 is 0 Å². The fourth-order valence-electron chi connectivity index (χ4n) is 2.48. The van der Waals surface area contributed by atoms with E-state index < -0.39 is 0 Å². The van der Waals surface area contributed by atoms with E-state index in [0.29, 0.717) is 5.56 Å². The lowest BCUT2D eigenvalue weighted by Crippen LogP contribution is -2.14. The number of hydrogen-bond acceptors (Lipinski definition) is 2. The number of benzene rings is 2. The van der Waals surface area contributed by atoms with Crippen LogP contribution in [0, 0.1) is 6.92 Å². The van der Waals surface area contributed by atoms with Crippen molar-refractivity contribution in [2.45, 2.75) is 19.8 Å². The number of aryl methyl sites for hydroxylation is 2. The van der Waals surface area contributed by atoms with Crippen molar-refractivity contribution in [2.75, 3.05) is 17.2 Å². The molecule has 0 unspecified atom stereocenters. The van der Waals surface area contributed by atoms with E-state index in [1.165, 1.54) is 5.56 Å². The minimum absolute atomic E-state index is 0.0912. The molecule has 1 amide bonds. The Morgan fingerprint density at radius 1 is 1.24 bits per heavy atom. The fraction of sp³-hybridized carbons (Fsp3) is 0.235. The third-order valence-corrected chi connectivity index (χ3v) is 4.59. The topological polar surface area (TPSA) is 41.1 Å². The lowest BCUT2D eigenvalue weighted by Gasteiger charge is -2.19. The molecule has 108 valence electrons. The van der Waals surface area contributed by atoms with E-state index in [-0.39, 0.29) is 5.91 Å². The Balaban J connectivity index is 1.79. The van der Waals surface area contributed by atoms with E-state index in [0.717, 1.165) is 40.8 Å². The van der Waals surface area contributed by atoms with Gasteiger partial charge in [-0.05, 0) is 55.2 Å². The highest BCUT2D eigenvalue weighted by Crippen LogP contribution is 2.26. The summed E-state index contributed by atoms with van der Waals surface area (Å²) < 4.78 is 0.947. The lowest BCUT2D eigenvalue weighted by atomic mass is 10.0. The number of amides is 1. The number of fused-ring (bicyclic) bond motifs is 1. The Bertz CT molecular complexity index is 697. The molecule has 4 heteroatoms. The van der Waals surface area contributed by atoms with Gasteiger partial charge >= 0.3 is 0 Å². The van der Waals surface area contributed by atoms with Crippen LogP contribution in [-0.2, 0) is 6.42 Å². The number of carbonyl (C=O) groups is 1. The summed E-state index contributed by atoms with van der Waals surface area (Å²) in [7, 11) is 0. The maximum Gasteiger partial charge on any atom is 0.255 e. The van der Waals surface area contributed by atoms with Crippen LogP contribution in [0.2, 0.25) is 0 Å². The van der Waals surface area contributed by atoms with Gasteiger partial charge in [-0.15, -0.1) is 0 Å². The van der Waals surface area contributed by atoms with Crippen molar-refractivity contribution in [1.82, 2.24) is 0 Å². The zero-order valence-electron chi connectivity index (χ0n) is 11.9. The van der Waals surface area contributed by atoms with Gasteiger partial charge in [0.1, 0.15) is 0 Å². The van der Waals surface area contributed by atoms with Gasteiger partial charge in [0, 0.05) is 28.0 Å². The molecule has 1 heterocycles. The molecule has 0 aliphatic carbocycles. The molecule has 0 bridgehead atoms. The van der Waals surface area contributed by atoms with Gasteiger partial charge in [0.2, 0.25) is 0 Å². The Morgan fingerprint density at radius 3 is 2.90 bits per heavy atom. The van der Waals surface area contributed by atoms with Gasteiger partial charge in [-0.25, -0.2) is 0 Å². The molecule has 0 fully saturated rings. The van der Waals surface area contributed by atoms with Crippen LogP contribution in [0.5, 0.6) is 0 Å². The Labute approximate surface area is 132 Å². The summed E-state index contributed by atoms with van der Waals surface area (Å²) in [4.78, 5) is 12.3. The molecule has 2 N–H and O–H groups in total. The van der Waals surface area contributed by atoms with Gasteiger partial charge < -0.3 is 10.6 Å². The Morgan fingerprint density at radius 2 is 2.10 bits per heavy atom. The molecule has 0 saturated carbocycles. The molecular weight excluding hydrogens is 328 g/mol. The monoisotopic (exact) mass is 344 g/mol. The van der Waals surface area contributed by atoms with Crippen molar-refractivity contribution >= 4 is 33.2 Å². The van der Waals surface area contributed by atoms with Crippen molar-refractivity contribution < 1.29 is 4.79 Å². The predicted molar refractivity (Wildman–Crippen MR) is 90.1 cm³/mol. The second-order valence-electron chi connectivity index (χ2n) is 5.32. The van der Waals surface area contributed by atoms with Crippen molar-refractivity contribution in [3.05, 3.63) is 57.6 Å². The van der Waals surface area contributed by atoms with Crippen molar-refractivity contribution in [3.63, 3.8) is 0 Å². The average Bonchev–Trinajstić information content (AvgIpc) is 2.50. The molecule has 0 atom stereocenters. The SMILES string of the molecule is Cc1ccc(C(=O)Nc2ccc3c(c2)NCCC3)cc1Br. The zero-order chi connectivity index (χ0) is 14.8. The van der Waals surface area contributed by atoms with Crippen LogP contribution >= 0.6 is 15.9 Å². The summed E-state index contributed by atoms with van der Waals surface area (Å²) in [5.41, 5.74) is 5.04. The molecule has 1 aliphatic rings. The molecule has 2 aromatic rings. The van der Waals surface area contributed by atoms with Crippen LogP contribution in [0.4, 0.5) is 11.4 Å². The first-order chi connectivity index (χ1) is 10.1. The van der Waals surface area contributed by atoms with E-state index in [1.807, 2.05) is 37.3 Å². The van der Waals surface area contributed by atoms with E-state index in [1.54, 1.807) is 0 Å². The molecule has 2 aromatic carbocycles. The summed E-state index contributed by atoms with van der Waals surface area (Å²) in [6.07, 6.45) is 2.26. The van der Waals surface area contributed by atoms with Crippen LogP contribution in [-0.4, -0.2) is 12.5 Å². The summed E-state index contributed by atoms with van der Waals surface area (Å²) in [6.45, 7) is 3.00. The van der Waals surface area contributed by atoms with Crippen LogP contribution in [0.15, 0.2) is 40.9 Å². The highest BCUT2D eigenvalue weighted by molar-refractivity contribution is 9.10. The van der Waals surface area contributed by atoms with Crippen molar-refractivity contribution in [1.29, 1.82) is 0 Å². The van der Waals surface area contributed by atoms with E-state index in [2.05, 4.69) is 32.6 Å². The molecule has 0 spiro atoms. The smallest absolute Gasteiger partial charge is 0.255 e. The van der Waals surface area contributed by atoms with Gasteiger partial charge in [0.15, 0.2) is 0 Å². The van der Waals surface area contributed by atoms with Crippen LogP contribution in [0.25, 0.3) is 0 Å². The number of halogens is 1. The first-order valence-electron chi connectivity index (χ1n) is 7.08. The number of hydrogen-bond donors (Lipinski definition) is 2. The molecule has 3 rings (SSSR count). The molecule has 0 radical (unpaired) electrons. The highest BCUT2D eigenvalue weighted by atomic mass is 79.9. The first-order valence-corrected chi connectivity index (χ1v) is 7.87. The minimum Gasteiger partial charge on any atom is -0.385 e. The second-order valence-corrected chi connectivity index (χ2v) is 6.17. The second kappa shape index (κ2) is 5.90. The van der Waals surface area contributed by atoms with Crippen LogP contribution in [0.3, 0.4) is 0 Å². The molecular formula is C17H17BrN2O. The predicted octanol–water partition coefficient (Wildman–Crippen LogP) is 4.37. The van der Waals surface area contributed by atoms with Crippen molar-refractivity contribution in [2.24, 2.45) is 0 Å². The quantitative estimate of drug-likeness (QED) is 0.849. The number of anilines is 2. The standard InChI is InChI=1S/C17H17BrN2O/c1-11-4-5-13(9-15(11)18)17(21)20-14-7-6-12-3-2-8-19-16(12)10-14/h4-7,9-10,19H,2-3,8H2,1H3,(H,20,21). The average molecular weight is 345 g/mol. The minimum atomic E-state index is -0.0912. The summed E-state index contributed by atoms with van der Waals surface area (Å²) >= 11 is 3.46. The molecule has 21 heavy (non-hydrogen) atoms. The lowest BCUT2D eigenvalue weighted by molar-refractivity contribution is 0.102. The Hall–Kier alpha value is -1.81. The summed E-state index contributed by atoms with van der Waals surface area (Å²) in [5, 5.41) is 6.33.